The number of allylic oxidation sites excluding steroid dienone is 4. The van der Waals surface area contributed by atoms with E-state index >= 15 is 0 Å². The van der Waals surface area contributed by atoms with Crippen molar-refractivity contribution in [1.82, 2.24) is 0 Å². The first-order valence-electron chi connectivity index (χ1n) is 11.7. The number of rotatable bonds is 4. The molecule has 9 atom stereocenters. The van der Waals surface area contributed by atoms with E-state index in [0.29, 0.717) is 12.8 Å². The Morgan fingerprint density at radius 1 is 1.27 bits per heavy atom. The van der Waals surface area contributed by atoms with Crippen LogP contribution in [0.25, 0.3) is 0 Å². The first kappa shape index (κ1) is 25.1. The van der Waals surface area contributed by atoms with Gasteiger partial charge in [-0.05, 0) is 48.8 Å². The second-order valence-electron chi connectivity index (χ2n) is 10.6. The van der Waals surface area contributed by atoms with Crippen molar-refractivity contribution < 1.29 is 29.3 Å². The molecular formula is C25H32BrClO6. The van der Waals surface area contributed by atoms with Gasteiger partial charge in [-0.3, -0.25) is 14.4 Å². The number of ketones is 2. The summed E-state index contributed by atoms with van der Waals surface area (Å²) in [6, 6.07) is 0. The third-order valence-electron chi connectivity index (χ3n) is 9.29. The number of aliphatic hydroxyl groups excluding tert-OH is 2. The Hall–Kier alpha value is -1.02. The average Bonchev–Trinajstić information content (AvgIpc) is 2.98. The van der Waals surface area contributed by atoms with Gasteiger partial charge in [-0.25, -0.2) is 0 Å². The van der Waals surface area contributed by atoms with E-state index in [-0.39, 0.29) is 41.2 Å². The summed E-state index contributed by atoms with van der Waals surface area (Å²) in [6.45, 7) is 6.66. The molecular weight excluding hydrogens is 512 g/mol. The Balaban J connectivity index is 1.88. The third kappa shape index (κ3) is 3.01. The summed E-state index contributed by atoms with van der Waals surface area (Å²) in [7, 11) is 0. The van der Waals surface area contributed by atoms with Crippen molar-refractivity contribution in [3.63, 3.8) is 0 Å². The molecule has 0 aliphatic heterocycles. The second-order valence-corrected chi connectivity index (χ2v) is 12.4. The number of alkyl halides is 2. The minimum absolute atomic E-state index is 0.102. The largest absolute Gasteiger partial charge is 0.450 e. The van der Waals surface area contributed by atoms with Crippen LogP contribution >= 0.6 is 27.5 Å². The number of carbonyl (C=O) groups is 3. The maximum Gasteiger partial charge on any atom is 0.306 e. The molecule has 182 valence electrons. The molecule has 0 heterocycles. The zero-order valence-corrected chi connectivity index (χ0v) is 21.8. The van der Waals surface area contributed by atoms with Crippen LogP contribution in [0.3, 0.4) is 0 Å². The van der Waals surface area contributed by atoms with E-state index < -0.39 is 45.8 Å². The molecule has 8 heteroatoms. The lowest BCUT2D eigenvalue weighted by Gasteiger charge is -2.64. The van der Waals surface area contributed by atoms with Gasteiger partial charge in [-0.2, -0.15) is 0 Å². The normalized spacial score (nSPS) is 48.4. The molecule has 4 aliphatic carbocycles. The average molecular weight is 544 g/mol. The highest BCUT2D eigenvalue weighted by atomic mass is 79.9. The molecule has 6 nitrogen and oxygen atoms in total. The van der Waals surface area contributed by atoms with Crippen LogP contribution in [0.2, 0.25) is 0 Å². The van der Waals surface area contributed by atoms with Gasteiger partial charge in [0.05, 0.1) is 11.0 Å². The van der Waals surface area contributed by atoms with Crippen molar-refractivity contribution in [3.8, 4) is 0 Å². The van der Waals surface area contributed by atoms with Crippen LogP contribution < -0.4 is 0 Å². The van der Waals surface area contributed by atoms with Gasteiger partial charge in [0.2, 0.25) is 5.78 Å². The van der Waals surface area contributed by atoms with Gasteiger partial charge in [0.15, 0.2) is 11.4 Å². The molecule has 0 spiro atoms. The number of hydrogen-bond donors (Lipinski definition) is 2. The highest BCUT2D eigenvalue weighted by Crippen LogP contribution is 2.72. The van der Waals surface area contributed by atoms with E-state index in [0.717, 1.165) is 5.57 Å². The lowest BCUT2D eigenvalue weighted by atomic mass is 9.45. The van der Waals surface area contributed by atoms with E-state index in [4.69, 9.17) is 16.3 Å². The van der Waals surface area contributed by atoms with E-state index in [1.165, 1.54) is 6.08 Å². The fraction of sp³-hybridized carbons (Fsp3) is 0.720. The molecule has 2 N–H and O–H groups in total. The van der Waals surface area contributed by atoms with Gasteiger partial charge in [-0.15, -0.1) is 11.6 Å². The van der Waals surface area contributed by atoms with Crippen LogP contribution in [0.15, 0.2) is 23.8 Å². The van der Waals surface area contributed by atoms with Crippen molar-refractivity contribution in [2.75, 3.05) is 6.61 Å². The van der Waals surface area contributed by atoms with Crippen molar-refractivity contribution in [2.45, 2.75) is 74.8 Å². The number of aliphatic hydroxyl groups is 2. The van der Waals surface area contributed by atoms with E-state index in [9.17, 15) is 24.6 Å². The predicted molar refractivity (Wildman–Crippen MR) is 127 cm³/mol. The minimum Gasteiger partial charge on any atom is -0.450 e. The molecule has 3 fully saturated rings. The maximum absolute atomic E-state index is 13.3. The van der Waals surface area contributed by atoms with Crippen LogP contribution in [-0.2, 0) is 19.1 Å². The summed E-state index contributed by atoms with van der Waals surface area (Å²) < 4.78 is 5.93. The number of esters is 1. The highest BCUT2D eigenvalue weighted by molar-refractivity contribution is 9.09. The van der Waals surface area contributed by atoms with Gasteiger partial charge in [0.1, 0.15) is 6.61 Å². The first-order chi connectivity index (χ1) is 15.3. The van der Waals surface area contributed by atoms with E-state index in [1.54, 1.807) is 13.0 Å². The molecule has 4 rings (SSSR count). The van der Waals surface area contributed by atoms with Crippen LogP contribution in [0.4, 0.5) is 0 Å². The van der Waals surface area contributed by atoms with Gasteiger partial charge in [-0.1, -0.05) is 49.7 Å². The molecule has 0 aromatic heterocycles. The van der Waals surface area contributed by atoms with Crippen LogP contribution in [0.5, 0.6) is 0 Å². The quantitative estimate of drug-likeness (QED) is 0.416. The van der Waals surface area contributed by atoms with Gasteiger partial charge in [0, 0.05) is 28.0 Å². The van der Waals surface area contributed by atoms with Gasteiger partial charge in [0.25, 0.3) is 0 Å². The molecule has 0 aromatic carbocycles. The van der Waals surface area contributed by atoms with Crippen LogP contribution in [0, 0.1) is 28.6 Å². The Bertz CT molecular complexity index is 963. The minimum atomic E-state index is -1.53. The lowest BCUT2D eigenvalue weighted by molar-refractivity contribution is -0.202. The van der Waals surface area contributed by atoms with Crippen molar-refractivity contribution >= 4 is 45.1 Å². The van der Waals surface area contributed by atoms with Crippen molar-refractivity contribution in [2.24, 2.45) is 28.6 Å². The summed E-state index contributed by atoms with van der Waals surface area (Å²) in [5, 5.41) is 21.6. The summed E-state index contributed by atoms with van der Waals surface area (Å²) in [5.41, 5.74) is -2.35. The molecule has 3 saturated carbocycles. The standard InChI is InChI=1S/C25H32BrClO6/c1-5-21(32)33-25(20(31)12-28)13(2)8-15-16-10-18(26)17-9-14(29)6-7-22(17,3)24(16,27)19(30)11-23(15,25)4/h6-7,9,13,15-16,18-19,28,30H,5,8,10-12H2,1-4H3. The molecule has 0 amide bonds. The fourth-order valence-electron chi connectivity index (χ4n) is 7.76. The molecule has 4 aliphatic rings. The molecule has 0 saturated heterocycles. The van der Waals surface area contributed by atoms with E-state index in [2.05, 4.69) is 15.9 Å². The Morgan fingerprint density at radius 3 is 2.55 bits per heavy atom. The van der Waals surface area contributed by atoms with Crippen molar-refractivity contribution in [1.29, 1.82) is 0 Å². The fourth-order valence-corrected chi connectivity index (χ4v) is 9.26. The van der Waals surface area contributed by atoms with E-state index in [1.807, 2.05) is 26.8 Å². The number of Topliss-reactive ketones (excluding diaryl/α,β-unsaturated/α-hetero) is 1. The Kier molecular flexibility index (Phi) is 6.08. The van der Waals surface area contributed by atoms with Gasteiger partial charge >= 0.3 is 5.97 Å². The zero-order valence-electron chi connectivity index (χ0n) is 19.4. The van der Waals surface area contributed by atoms with Crippen LogP contribution in [-0.4, -0.2) is 55.8 Å². The molecule has 0 radical (unpaired) electrons. The van der Waals surface area contributed by atoms with Gasteiger partial charge < -0.3 is 14.9 Å². The van der Waals surface area contributed by atoms with Crippen LogP contribution in [0.1, 0.15) is 53.4 Å². The lowest BCUT2D eigenvalue weighted by Crippen LogP contribution is -2.70. The topological polar surface area (TPSA) is 101 Å². The smallest absolute Gasteiger partial charge is 0.306 e. The molecule has 33 heavy (non-hydrogen) atoms. The Labute approximate surface area is 207 Å². The summed E-state index contributed by atoms with van der Waals surface area (Å²) in [5.74, 6) is -1.86. The number of halogens is 2. The monoisotopic (exact) mass is 542 g/mol. The SMILES string of the molecule is CCC(=O)OC1(C(=O)CO)C(C)CC2C3CC(Br)C4=CC(=O)C=CC4(C)C3(Cl)C(O)CC21C. The second kappa shape index (κ2) is 8.00. The summed E-state index contributed by atoms with van der Waals surface area (Å²) in [6.07, 6.45) is 5.29. The zero-order chi connectivity index (χ0) is 24.6. The number of hydrogen-bond acceptors (Lipinski definition) is 6. The Morgan fingerprint density at radius 2 is 1.94 bits per heavy atom. The molecule has 0 bridgehead atoms. The predicted octanol–water partition coefficient (Wildman–Crippen LogP) is 3.50. The number of carbonyl (C=O) groups excluding carboxylic acids is 3. The molecule has 9 unspecified atom stereocenters. The molecule has 0 aromatic rings. The first-order valence-corrected chi connectivity index (χ1v) is 12.9. The number of ether oxygens (including phenoxy) is 1. The number of fused-ring (bicyclic) bond motifs is 5. The highest BCUT2D eigenvalue weighted by Gasteiger charge is 2.76. The summed E-state index contributed by atoms with van der Waals surface area (Å²) >= 11 is 11.2. The maximum atomic E-state index is 13.3. The van der Waals surface area contributed by atoms with Crippen molar-refractivity contribution in [3.05, 3.63) is 23.8 Å². The summed E-state index contributed by atoms with van der Waals surface area (Å²) in [4.78, 5) is 36.7. The third-order valence-corrected chi connectivity index (χ3v) is 11.1.